The van der Waals surface area contributed by atoms with E-state index in [1.54, 1.807) is 11.4 Å². The molecule has 0 atom stereocenters. The zero-order valence-electron chi connectivity index (χ0n) is 17.4. The van der Waals surface area contributed by atoms with Gasteiger partial charge in [0, 0.05) is 42.0 Å². The third-order valence-corrected chi connectivity index (χ3v) is 5.35. The molecule has 0 spiro atoms. The molecule has 31 heavy (non-hydrogen) atoms. The van der Waals surface area contributed by atoms with E-state index in [1.165, 1.54) is 30.4 Å². The first-order valence-electron chi connectivity index (χ1n) is 9.66. The number of hydrogen-bond acceptors (Lipinski definition) is 5. The van der Waals surface area contributed by atoms with Crippen molar-refractivity contribution in [3.63, 3.8) is 0 Å². The summed E-state index contributed by atoms with van der Waals surface area (Å²) >= 11 is 1.17. The fraction of sp³-hybridized carbons (Fsp3) is 0.217. The number of aromatic nitrogens is 1. The maximum absolute atomic E-state index is 14.4. The number of rotatable bonds is 7. The highest BCUT2D eigenvalue weighted by Gasteiger charge is 2.15. The molecule has 0 saturated heterocycles. The average Bonchev–Trinajstić information content (AvgIpc) is 3.15. The van der Waals surface area contributed by atoms with E-state index in [-0.39, 0.29) is 36.0 Å². The minimum atomic E-state index is -0.534. The monoisotopic (exact) mass is 439 g/mol. The summed E-state index contributed by atoms with van der Waals surface area (Å²) in [6.45, 7) is 5.13. The third kappa shape index (κ3) is 5.82. The number of anilines is 2. The van der Waals surface area contributed by atoms with Crippen molar-refractivity contribution < 1.29 is 18.8 Å². The number of amides is 2. The van der Waals surface area contributed by atoms with Crippen molar-refractivity contribution in [3.05, 3.63) is 64.3 Å². The van der Waals surface area contributed by atoms with Gasteiger partial charge in [0.25, 0.3) is 0 Å². The molecule has 2 amide bonds. The second-order valence-corrected chi connectivity index (χ2v) is 8.06. The lowest BCUT2D eigenvalue weighted by molar-refractivity contribution is -0.116. The first-order chi connectivity index (χ1) is 14.7. The Morgan fingerprint density at radius 3 is 2.52 bits per heavy atom. The van der Waals surface area contributed by atoms with Gasteiger partial charge in [-0.05, 0) is 43.7 Å². The first kappa shape index (κ1) is 22.3. The molecule has 8 heteroatoms. The number of hydrogen-bond donors (Lipinski definition) is 2. The van der Waals surface area contributed by atoms with E-state index in [2.05, 4.69) is 15.6 Å². The number of nitrogens with one attached hydrogen (secondary N) is 2. The largest absolute Gasteiger partial charge is 0.326 e. The molecule has 0 aliphatic carbocycles. The van der Waals surface area contributed by atoms with Crippen molar-refractivity contribution in [2.75, 3.05) is 10.6 Å². The third-order valence-electron chi connectivity index (χ3n) is 4.59. The van der Waals surface area contributed by atoms with Crippen LogP contribution in [0.25, 0.3) is 11.3 Å². The number of Topliss-reactive ketones (excluding diaryl/α,β-unsaturated/α-hetero) is 1. The predicted molar refractivity (Wildman–Crippen MR) is 120 cm³/mol. The Hall–Kier alpha value is -3.39. The Labute approximate surface area is 183 Å². The molecule has 0 unspecified atom stereocenters. The Kier molecular flexibility index (Phi) is 6.91. The lowest BCUT2D eigenvalue weighted by atomic mass is 9.99. The normalized spacial score (nSPS) is 10.6. The Morgan fingerprint density at radius 1 is 1.03 bits per heavy atom. The van der Waals surface area contributed by atoms with Crippen LogP contribution in [0, 0.1) is 19.7 Å². The van der Waals surface area contributed by atoms with E-state index >= 15 is 0 Å². The topological polar surface area (TPSA) is 88.2 Å². The van der Waals surface area contributed by atoms with Crippen LogP contribution in [0.3, 0.4) is 0 Å². The summed E-state index contributed by atoms with van der Waals surface area (Å²) in [5.41, 5.74) is 3.49. The molecule has 0 fully saturated rings. The Balaban J connectivity index is 1.60. The lowest BCUT2D eigenvalue weighted by Crippen LogP contribution is -2.14. The number of carbonyl (C=O) groups excluding carboxylic acids is 3. The molecule has 0 saturated carbocycles. The molecule has 160 valence electrons. The summed E-state index contributed by atoms with van der Waals surface area (Å²) in [6, 6.07) is 9.97. The fourth-order valence-corrected chi connectivity index (χ4v) is 3.77. The van der Waals surface area contributed by atoms with Crippen LogP contribution in [0.1, 0.15) is 41.3 Å². The Bertz CT molecular complexity index is 1160. The van der Waals surface area contributed by atoms with Gasteiger partial charge in [-0.25, -0.2) is 9.37 Å². The number of thiazole rings is 1. The van der Waals surface area contributed by atoms with Gasteiger partial charge < -0.3 is 10.6 Å². The van der Waals surface area contributed by atoms with Crippen LogP contribution in [0.5, 0.6) is 0 Å². The van der Waals surface area contributed by atoms with Crippen molar-refractivity contribution in [2.24, 2.45) is 0 Å². The molecule has 1 heterocycles. The van der Waals surface area contributed by atoms with Crippen molar-refractivity contribution in [2.45, 2.75) is 33.6 Å². The van der Waals surface area contributed by atoms with Crippen LogP contribution in [0.2, 0.25) is 0 Å². The highest BCUT2D eigenvalue weighted by atomic mass is 32.1. The number of benzene rings is 2. The van der Waals surface area contributed by atoms with Gasteiger partial charge in [0.05, 0.1) is 5.69 Å². The molecule has 0 aliphatic rings. The highest BCUT2D eigenvalue weighted by molar-refractivity contribution is 7.14. The van der Waals surface area contributed by atoms with Gasteiger partial charge >= 0.3 is 0 Å². The van der Waals surface area contributed by atoms with Crippen LogP contribution in [0.15, 0.2) is 41.8 Å². The number of halogens is 1. The van der Waals surface area contributed by atoms with E-state index in [0.29, 0.717) is 22.1 Å². The molecule has 2 N–H and O–H groups in total. The molecule has 2 aromatic carbocycles. The average molecular weight is 440 g/mol. The number of aryl methyl sites for hydroxylation is 2. The van der Waals surface area contributed by atoms with E-state index in [9.17, 15) is 18.8 Å². The fourth-order valence-electron chi connectivity index (χ4n) is 3.04. The summed E-state index contributed by atoms with van der Waals surface area (Å²) in [7, 11) is 0. The van der Waals surface area contributed by atoms with Crippen LogP contribution in [0.4, 0.5) is 15.2 Å². The summed E-state index contributed by atoms with van der Waals surface area (Å²) in [5, 5.41) is 7.13. The maximum atomic E-state index is 14.4. The number of carbonyl (C=O) groups is 3. The molecule has 0 bridgehead atoms. The van der Waals surface area contributed by atoms with Crippen LogP contribution >= 0.6 is 11.3 Å². The van der Waals surface area contributed by atoms with Gasteiger partial charge in [0.2, 0.25) is 11.8 Å². The molecular weight excluding hydrogens is 417 g/mol. The Morgan fingerprint density at radius 2 is 1.81 bits per heavy atom. The quantitative estimate of drug-likeness (QED) is 0.500. The molecule has 3 aromatic rings. The van der Waals surface area contributed by atoms with Gasteiger partial charge in [-0.1, -0.05) is 17.7 Å². The zero-order valence-corrected chi connectivity index (χ0v) is 18.2. The van der Waals surface area contributed by atoms with E-state index < -0.39 is 5.82 Å². The SMILES string of the molecule is CC(=O)Nc1ccc(-c2csc(NC(=O)CCC(=O)c3cc(C)ccc3C)n2)c(F)c1. The van der Waals surface area contributed by atoms with E-state index in [0.717, 1.165) is 11.1 Å². The summed E-state index contributed by atoms with van der Waals surface area (Å²) < 4.78 is 14.4. The molecule has 0 radical (unpaired) electrons. The minimum absolute atomic E-state index is 0.0287. The van der Waals surface area contributed by atoms with Gasteiger partial charge in [-0.3, -0.25) is 14.4 Å². The van der Waals surface area contributed by atoms with Crippen molar-refractivity contribution in [1.82, 2.24) is 4.98 Å². The second kappa shape index (κ2) is 9.61. The van der Waals surface area contributed by atoms with E-state index in [4.69, 9.17) is 0 Å². The van der Waals surface area contributed by atoms with Crippen molar-refractivity contribution in [1.29, 1.82) is 0 Å². The smallest absolute Gasteiger partial charge is 0.226 e. The van der Waals surface area contributed by atoms with Gasteiger partial charge in [0.15, 0.2) is 10.9 Å². The molecule has 0 aliphatic heterocycles. The van der Waals surface area contributed by atoms with Gasteiger partial charge in [0.1, 0.15) is 5.82 Å². The summed E-state index contributed by atoms with van der Waals surface area (Å²) in [5.74, 6) is -1.24. The minimum Gasteiger partial charge on any atom is -0.326 e. The van der Waals surface area contributed by atoms with Gasteiger partial charge in [-0.15, -0.1) is 11.3 Å². The van der Waals surface area contributed by atoms with Crippen molar-refractivity contribution >= 4 is 39.8 Å². The van der Waals surface area contributed by atoms with Crippen LogP contribution in [-0.4, -0.2) is 22.6 Å². The van der Waals surface area contributed by atoms with E-state index in [1.807, 2.05) is 32.0 Å². The predicted octanol–water partition coefficient (Wildman–Crippen LogP) is 5.13. The summed E-state index contributed by atoms with van der Waals surface area (Å²) in [6.07, 6.45) is 0.120. The second-order valence-electron chi connectivity index (χ2n) is 7.20. The molecule has 3 rings (SSSR count). The molecular formula is C23H22FN3O3S. The van der Waals surface area contributed by atoms with Crippen molar-refractivity contribution in [3.8, 4) is 11.3 Å². The summed E-state index contributed by atoms with van der Waals surface area (Å²) in [4.78, 5) is 40.0. The molecule has 6 nitrogen and oxygen atoms in total. The number of ketones is 1. The standard InChI is InChI=1S/C23H22FN3O3S/c1-13-4-5-14(2)18(10-13)21(29)8-9-22(30)27-23-26-20(12-31-23)17-7-6-16(11-19(17)24)25-15(3)28/h4-7,10-12H,8-9H2,1-3H3,(H,25,28)(H,26,27,30). The number of nitrogens with zero attached hydrogens (tertiary/aromatic N) is 1. The zero-order chi connectivity index (χ0) is 22.5. The first-order valence-corrected chi connectivity index (χ1v) is 10.5. The highest BCUT2D eigenvalue weighted by Crippen LogP contribution is 2.29. The molecule has 1 aromatic heterocycles. The van der Waals surface area contributed by atoms with Crippen LogP contribution < -0.4 is 10.6 Å². The maximum Gasteiger partial charge on any atom is 0.226 e. The lowest BCUT2D eigenvalue weighted by Gasteiger charge is -2.06. The van der Waals surface area contributed by atoms with Gasteiger partial charge in [-0.2, -0.15) is 0 Å². The van der Waals surface area contributed by atoms with Crippen LogP contribution in [-0.2, 0) is 9.59 Å².